The van der Waals surface area contributed by atoms with Crippen LogP contribution < -0.4 is 10.0 Å². The first-order valence-corrected chi connectivity index (χ1v) is 8.97. The summed E-state index contributed by atoms with van der Waals surface area (Å²) >= 11 is 0. The van der Waals surface area contributed by atoms with Gasteiger partial charge in [-0.25, -0.2) is 13.1 Å². The van der Waals surface area contributed by atoms with Gasteiger partial charge in [0.05, 0.1) is 5.75 Å². The van der Waals surface area contributed by atoms with E-state index in [2.05, 4.69) is 16.1 Å². The molecule has 1 aliphatic rings. The van der Waals surface area contributed by atoms with E-state index in [4.69, 9.17) is 0 Å². The molecule has 112 valence electrons. The highest BCUT2D eigenvalue weighted by atomic mass is 32.2. The van der Waals surface area contributed by atoms with Gasteiger partial charge in [-0.1, -0.05) is 29.8 Å². The molecule has 1 aromatic rings. The summed E-state index contributed by atoms with van der Waals surface area (Å²) in [4.78, 5) is 0. The SMILES string of the molecule is Cc1cccc(CCNS(=O)(=O)CCCNC2CC2)c1. The minimum Gasteiger partial charge on any atom is -0.314 e. The van der Waals surface area contributed by atoms with Crippen molar-refractivity contribution >= 4 is 10.0 Å². The lowest BCUT2D eigenvalue weighted by molar-refractivity contribution is 0.574. The van der Waals surface area contributed by atoms with Crippen LogP contribution in [-0.2, 0) is 16.4 Å². The van der Waals surface area contributed by atoms with Crippen molar-refractivity contribution in [2.24, 2.45) is 0 Å². The van der Waals surface area contributed by atoms with E-state index in [1.54, 1.807) is 0 Å². The van der Waals surface area contributed by atoms with E-state index < -0.39 is 10.0 Å². The van der Waals surface area contributed by atoms with Crippen molar-refractivity contribution in [2.75, 3.05) is 18.8 Å². The molecular formula is C15H24N2O2S. The third-order valence-electron chi connectivity index (χ3n) is 3.42. The van der Waals surface area contributed by atoms with Crippen LogP contribution in [-0.4, -0.2) is 33.3 Å². The van der Waals surface area contributed by atoms with Gasteiger partial charge in [-0.05, 0) is 44.7 Å². The highest BCUT2D eigenvalue weighted by Gasteiger charge is 2.20. The monoisotopic (exact) mass is 296 g/mol. The Morgan fingerprint density at radius 3 is 2.75 bits per heavy atom. The van der Waals surface area contributed by atoms with Crippen LogP contribution >= 0.6 is 0 Å². The molecule has 0 spiro atoms. The maximum Gasteiger partial charge on any atom is 0.211 e. The molecule has 1 fully saturated rings. The van der Waals surface area contributed by atoms with E-state index in [-0.39, 0.29) is 5.75 Å². The van der Waals surface area contributed by atoms with Gasteiger partial charge in [-0.2, -0.15) is 0 Å². The van der Waals surface area contributed by atoms with E-state index in [1.165, 1.54) is 24.0 Å². The van der Waals surface area contributed by atoms with E-state index in [0.717, 1.165) is 13.0 Å². The number of aryl methyl sites for hydroxylation is 1. The minimum absolute atomic E-state index is 0.209. The largest absolute Gasteiger partial charge is 0.314 e. The highest BCUT2D eigenvalue weighted by Crippen LogP contribution is 2.18. The summed E-state index contributed by atoms with van der Waals surface area (Å²) in [5.41, 5.74) is 2.37. The molecule has 0 heterocycles. The Labute approximate surface area is 122 Å². The fourth-order valence-electron chi connectivity index (χ4n) is 2.15. The Kier molecular flexibility index (Phi) is 5.57. The zero-order chi connectivity index (χ0) is 14.4. The van der Waals surface area contributed by atoms with Gasteiger partial charge in [-0.3, -0.25) is 0 Å². The van der Waals surface area contributed by atoms with E-state index in [1.807, 2.05) is 25.1 Å². The second-order valence-corrected chi connectivity index (χ2v) is 7.46. The van der Waals surface area contributed by atoms with Crippen molar-refractivity contribution in [3.05, 3.63) is 35.4 Å². The average Bonchev–Trinajstić information content (AvgIpc) is 3.19. The average molecular weight is 296 g/mol. The van der Waals surface area contributed by atoms with Gasteiger partial charge in [0.15, 0.2) is 0 Å². The first-order chi connectivity index (χ1) is 9.55. The van der Waals surface area contributed by atoms with Crippen molar-refractivity contribution in [3.8, 4) is 0 Å². The lowest BCUT2D eigenvalue weighted by Gasteiger charge is -2.07. The molecule has 0 bridgehead atoms. The first-order valence-electron chi connectivity index (χ1n) is 7.31. The molecule has 0 radical (unpaired) electrons. The molecule has 0 unspecified atom stereocenters. The molecule has 0 aromatic heterocycles. The summed E-state index contributed by atoms with van der Waals surface area (Å²) in [7, 11) is -3.13. The Bertz CT molecular complexity index is 524. The standard InChI is InChI=1S/C15H24N2O2S/c1-13-4-2-5-14(12-13)8-10-17-20(18,19)11-3-9-16-15-6-7-15/h2,4-5,12,15-17H,3,6-11H2,1H3. The van der Waals surface area contributed by atoms with Crippen molar-refractivity contribution in [2.45, 2.75) is 38.6 Å². The van der Waals surface area contributed by atoms with Crippen LogP contribution in [0.15, 0.2) is 24.3 Å². The molecule has 1 aromatic carbocycles. The molecule has 2 N–H and O–H groups in total. The van der Waals surface area contributed by atoms with Crippen molar-refractivity contribution < 1.29 is 8.42 Å². The zero-order valence-electron chi connectivity index (χ0n) is 12.1. The molecule has 0 saturated heterocycles. The van der Waals surface area contributed by atoms with Gasteiger partial charge in [0.1, 0.15) is 0 Å². The van der Waals surface area contributed by atoms with Crippen LogP contribution in [0.4, 0.5) is 0 Å². The van der Waals surface area contributed by atoms with Crippen molar-refractivity contribution in [1.82, 2.24) is 10.0 Å². The summed E-state index contributed by atoms with van der Waals surface area (Å²) in [6.07, 6.45) is 3.89. The zero-order valence-corrected chi connectivity index (χ0v) is 12.9. The van der Waals surface area contributed by atoms with Gasteiger partial charge < -0.3 is 5.32 Å². The number of rotatable bonds is 9. The molecule has 2 rings (SSSR count). The van der Waals surface area contributed by atoms with Crippen LogP contribution in [0.2, 0.25) is 0 Å². The predicted octanol–water partition coefficient (Wildman–Crippen LogP) is 1.60. The Hall–Kier alpha value is -0.910. The Morgan fingerprint density at radius 1 is 1.25 bits per heavy atom. The van der Waals surface area contributed by atoms with Crippen molar-refractivity contribution in [1.29, 1.82) is 0 Å². The minimum atomic E-state index is -3.13. The molecule has 4 nitrogen and oxygen atoms in total. The number of benzene rings is 1. The lowest BCUT2D eigenvalue weighted by Crippen LogP contribution is -2.30. The van der Waals surface area contributed by atoms with Crippen LogP contribution in [0.3, 0.4) is 0 Å². The maximum atomic E-state index is 11.8. The second-order valence-electron chi connectivity index (χ2n) is 5.53. The molecule has 20 heavy (non-hydrogen) atoms. The molecule has 5 heteroatoms. The van der Waals surface area contributed by atoms with Gasteiger partial charge in [0.25, 0.3) is 0 Å². The lowest BCUT2D eigenvalue weighted by atomic mass is 10.1. The highest BCUT2D eigenvalue weighted by molar-refractivity contribution is 7.89. The van der Waals surface area contributed by atoms with Gasteiger partial charge in [0.2, 0.25) is 10.0 Å². The summed E-state index contributed by atoms with van der Waals surface area (Å²) in [5, 5.41) is 3.33. The Balaban J connectivity index is 1.63. The molecule has 0 atom stereocenters. The molecule has 1 aliphatic carbocycles. The Morgan fingerprint density at radius 2 is 2.05 bits per heavy atom. The normalized spacial score (nSPS) is 15.4. The molecule has 1 saturated carbocycles. The number of nitrogens with one attached hydrogen (secondary N) is 2. The third kappa shape index (κ3) is 6.03. The first kappa shape index (κ1) is 15.5. The molecule has 0 aliphatic heterocycles. The fourth-order valence-corrected chi connectivity index (χ4v) is 3.23. The third-order valence-corrected chi connectivity index (χ3v) is 4.89. The molecular weight excluding hydrogens is 272 g/mol. The smallest absolute Gasteiger partial charge is 0.211 e. The van der Waals surface area contributed by atoms with Crippen LogP contribution in [0.1, 0.15) is 30.4 Å². The number of hydrogen-bond donors (Lipinski definition) is 2. The predicted molar refractivity (Wildman–Crippen MR) is 82.3 cm³/mol. The van der Waals surface area contributed by atoms with Crippen LogP contribution in [0, 0.1) is 6.92 Å². The number of hydrogen-bond acceptors (Lipinski definition) is 3. The summed E-state index contributed by atoms with van der Waals surface area (Å²) in [6, 6.07) is 8.81. The van der Waals surface area contributed by atoms with E-state index in [0.29, 0.717) is 19.0 Å². The van der Waals surface area contributed by atoms with Crippen LogP contribution in [0.5, 0.6) is 0 Å². The second kappa shape index (κ2) is 7.20. The van der Waals surface area contributed by atoms with Gasteiger partial charge in [-0.15, -0.1) is 0 Å². The quantitative estimate of drug-likeness (QED) is 0.681. The summed E-state index contributed by atoms with van der Waals surface area (Å²) in [6.45, 7) is 3.31. The summed E-state index contributed by atoms with van der Waals surface area (Å²) < 4.78 is 26.3. The number of sulfonamides is 1. The van der Waals surface area contributed by atoms with E-state index in [9.17, 15) is 8.42 Å². The summed E-state index contributed by atoms with van der Waals surface area (Å²) in [5.74, 6) is 0.209. The van der Waals surface area contributed by atoms with Crippen molar-refractivity contribution in [3.63, 3.8) is 0 Å². The van der Waals surface area contributed by atoms with E-state index >= 15 is 0 Å². The fraction of sp³-hybridized carbons (Fsp3) is 0.600. The van der Waals surface area contributed by atoms with Gasteiger partial charge >= 0.3 is 0 Å². The van der Waals surface area contributed by atoms with Gasteiger partial charge in [0, 0.05) is 12.6 Å². The van der Waals surface area contributed by atoms with Crippen LogP contribution in [0.25, 0.3) is 0 Å². The maximum absolute atomic E-state index is 11.8. The topological polar surface area (TPSA) is 58.2 Å². The molecule has 0 amide bonds.